The Labute approximate surface area is 163 Å². The molecule has 1 aliphatic rings. The summed E-state index contributed by atoms with van der Waals surface area (Å²) in [5.41, 5.74) is -0.110. The van der Waals surface area contributed by atoms with Crippen LogP contribution in [0.4, 0.5) is 5.13 Å². The van der Waals surface area contributed by atoms with E-state index in [9.17, 15) is 14.4 Å². The second kappa shape index (κ2) is 8.05. The molecule has 0 saturated heterocycles. The first-order chi connectivity index (χ1) is 12.9. The number of ether oxygens (including phenoxy) is 2. The summed E-state index contributed by atoms with van der Waals surface area (Å²) in [5, 5.41) is 10.7. The van der Waals surface area contributed by atoms with Gasteiger partial charge in [0.1, 0.15) is 0 Å². The highest BCUT2D eigenvalue weighted by molar-refractivity contribution is 8.01. The zero-order valence-electron chi connectivity index (χ0n) is 14.7. The number of nitrogens with zero attached hydrogens (tertiary/aromatic N) is 2. The van der Waals surface area contributed by atoms with Gasteiger partial charge in [0.2, 0.25) is 5.13 Å². The van der Waals surface area contributed by atoms with E-state index in [-0.39, 0.29) is 23.3 Å². The molecule has 1 aromatic carbocycles. The number of hydrogen-bond acceptors (Lipinski definition) is 9. The van der Waals surface area contributed by atoms with Gasteiger partial charge in [-0.05, 0) is 25.5 Å². The largest absolute Gasteiger partial charge is 0.465 e. The molecule has 27 heavy (non-hydrogen) atoms. The van der Waals surface area contributed by atoms with Crippen LogP contribution >= 0.6 is 23.1 Å². The Bertz CT molecular complexity index is 885. The number of nitrogens with one attached hydrogen (secondary N) is 1. The van der Waals surface area contributed by atoms with Gasteiger partial charge >= 0.3 is 11.9 Å². The normalized spacial score (nSPS) is 18.4. The van der Waals surface area contributed by atoms with Crippen LogP contribution in [-0.4, -0.2) is 46.0 Å². The fraction of sp³-hybridized carbons (Fsp3) is 0.353. The van der Waals surface area contributed by atoms with Crippen molar-refractivity contribution in [3.8, 4) is 0 Å². The van der Waals surface area contributed by atoms with E-state index in [1.165, 1.54) is 11.8 Å². The van der Waals surface area contributed by atoms with Gasteiger partial charge in [0.25, 0.3) is 5.91 Å². The lowest BCUT2D eigenvalue weighted by Crippen LogP contribution is -2.48. The molecule has 0 fully saturated rings. The number of carbonyl (C=O) groups excluding carboxylic acids is 3. The zero-order chi connectivity index (χ0) is 19.4. The predicted octanol–water partition coefficient (Wildman–Crippen LogP) is 2.30. The fourth-order valence-corrected chi connectivity index (χ4v) is 4.08. The molecule has 142 valence electrons. The topological polar surface area (TPSA) is 107 Å². The number of anilines is 1. The monoisotopic (exact) mass is 407 g/mol. The molecule has 0 bridgehead atoms. The van der Waals surface area contributed by atoms with Crippen LogP contribution in [0.15, 0.2) is 28.6 Å². The molecule has 3 rings (SSSR count). The van der Waals surface area contributed by atoms with E-state index in [1.54, 1.807) is 32.0 Å². The molecule has 1 amide bonds. The van der Waals surface area contributed by atoms with Crippen LogP contribution in [0.3, 0.4) is 0 Å². The maximum atomic E-state index is 12.7. The molecular weight excluding hydrogens is 390 g/mol. The van der Waals surface area contributed by atoms with Crippen molar-refractivity contribution in [2.24, 2.45) is 0 Å². The first kappa shape index (κ1) is 19.3. The number of esters is 2. The molecule has 1 aliphatic heterocycles. The zero-order valence-corrected chi connectivity index (χ0v) is 16.3. The molecule has 2 aromatic rings. The van der Waals surface area contributed by atoms with Crippen molar-refractivity contribution in [1.82, 2.24) is 10.2 Å². The van der Waals surface area contributed by atoms with Crippen molar-refractivity contribution < 1.29 is 23.9 Å². The van der Waals surface area contributed by atoms with E-state index in [1.807, 2.05) is 6.07 Å². The van der Waals surface area contributed by atoms with E-state index in [4.69, 9.17) is 9.47 Å². The number of carbonyl (C=O) groups is 3. The third kappa shape index (κ3) is 4.45. The maximum Gasteiger partial charge on any atom is 0.339 e. The highest BCUT2D eigenvalue weighted by Crippen LogP contribution is 2.31. The number of aromatic nitrogens is 2. The number of fused-ring (bicyclic) bond motifs is 1. The summed E-state index contributed by atoms with van der Waals surface area (Å²) in [7, 11) is 0. The summed E-state index contributed by atoms with van der Waals surface area (Å²) in [4.78, 5) is 36.2. The standard InChI is InChI=1S/C17H17N3O5S2/c1-3-24-12(21)9-26-16-20-19-15(27-16)18-14(23)17(2)8-10-6-4-5-7-11(10)13(22)25-17/h4-7H,3,8-9H2,1-2H3,(H,18,19,23). The summed E-state index contributed by atoms with van der Waals surface area (Å²) in [6.45, 7) is 3.61. The summed E-state index contributed by atoms with van der Waals surface area (Å²) in [6.07, 6.45) is 0.268. The van der Waals surface area contributed by atoms with Crippen molar-refractivity contribution in [2.75, 3.05) is 17.7 Å². The van der Waals surface area contributed by atoms with Gasteiger partial charge in [-0.15, -0.1) is 10.2 Å². The minimum atomic E-state index is -1.34. The lowest BCUT2D eigenvalue weighted by atomic mass is 9.89. The Morgan fingerprint density at radius 2 is 2.15 bits per heavy atom. The summed E-state index contributed by atoms with van der Waals surface area (Å²) in [5.74, 6) is -1.24. The predicted molar refractivity (Wildman–Crippen MR) is 99.9 cm³/mol. The number of benzene rings is 1. The minimum Gasteiger partial charge on any atom is -0.465 e. The maximum absolute atomic E-state index is 12.7. The van der Waals surface area contributed by atoms with Gasteiger partial charge in [0.05, 0.1) is 17.9 Å². The third-order valence-corrected chi connectivity index (χ3v) is 5.75. The lowest BCUT2D eigenvalue weighted by Gasteiger charge is -2.32. The number of amides is 1. The molecule has 1 unspecified atom stereocenters. The Hall–Kier alpha value is -2.46. The number of thioether (sulfide) groups is 1. The quantitative estimate of drug-likeness (QED) is 0.442. The number of cyclic esters (lactones) is 1. The SMILES string of the molecule is CCOC(=O)CSc1nnc(NC(=O)C2(C)Cc3ccccc3C(=O)O2)s1. The van der Waals surface area contributed by atoms with Crippen molar-refractivity contribution in [3.05, 3.63) is 35.4 Å². The Kier molecular flexibility index (Phi) is 5.76. The molecule has 1 aromatic heterocycles. The van der Waals surface area contributed by atoms with Gasteiger partial charge in [0, 0.05) is 6.42 Å². The molecule has 10 heteroatoms. The highest BCUT2D eigenvalue weighted by Gasteiger charge is 2.43. The van der Waals surface area contributed by atoms with E-state index in [2.05, 4.69) is 15.5 Å². The van der Waals surface area contributed by atoms with Gasteiger partial charge in [-0.2, -0.15) is 0 Å². The molecule has 0 radical (unpaired) electrons. The molecule has 2 heterocycles. The average molecular weight is 407 g/mol. The van der Waals surface area contributed by atoms with E-state index >= 15 is 0 Å². The van der Waals surface area contributed by atoms with Crippen LogP contribution in [0.1, 0.15) is 29.8 Å². The van der Waals surface area contributed by atoms with Gasteiger partial charge < -0.3 is 9.47 Å². The second-order valence-corrected chi connectivity index (χ2v) is 8.08. The second-order valence-electron chi connectivity index (χ2n) is 5.88. The lowest BCUT2D eigenvalue weighted by molar-refractivity contribution is -0.139. The van der Waals surface area contributed by atoms with E-state index in [0.29, 0.717) is 16.5 Å². The van der Waals surface area contributed by atoms with Crippen LogP contribution in [0.5, 0.6) is 0 Å². The Morgan fingerprint density at radius 1 is 1.37 bits per heavy atom. The summed E-state index contributed by atoms with van der Waals surface area (Å²) < 4.78 is 10.8. The highest BCUT2D eigenvalue weighted by atomic mass is 32.2. The first-order valence-electron chi connectivity index (χ1n) is 8.16. The molecular formula is C17H17N3O5S2. The van der Waals surface area contributed by atoms with Gasteiger partial charge in [-0.25, -0.2) is 4.79 Å². The van der Waals surface area contributed by atoms with Crippen LogP contribution in [-0.2, 0) is 25.5 Å². The Morgan fingerprint density at radius 3 is 2.93 bits per heavy atom. The van der Waals surface area contributed by atoms with Crippen molar-refractivity contribution in [2.45, 2.75) is 30.2 Å². The van der Waals surface area contributed by atoms with Crippen LogP contribution < -0.4 is 5.32 Å². The van der Waals surface area contributed by atoms with E-state index in [0.717, 1.165) is 16.9 Å². The molecule has 0 spiro atoms. The summed E-state index contributed by atoms with van der Waals surface area (Å²) in [6, 6.07) is 7.04. The van der Waals surface area contributed by atoms with Gasteiger partial charge in [-0.1, -0.05) is 41.3 Å². The van der Waals surface area contributed by atoms with Crippen molar-refractivity contribution in [1.29, 1.82) is 0 Å². The van der Waals surface area contributed by atoms with E-state index < -0.39 is 17.5 Å². The molecule has 0 aliphatic carbocycles. The minimum absolute atomic E-state index is 0.114. The van der Waals surface area contributed by atoms with Gasteiger partial charge in [-0.3, -0.25) is 14.9 Å². The molecule has 8 nitrogen and oxygen atoms in total. The van der Waals surface area contributed by atoms with Crippen LogP contribution in [0, 0.1) is 0 Å². The van der Waals surface area contributed by atoms with Gasteiger partial charge in [0.15, 0.2) is 9.94 Å². The number of hydrogen-bond donors (Lipinski definition) is 1. The van der Waals surface area contributed by atoms with Crippen molar-refractivity contribution in [3.63, 3.8) is 0 Å². The number of rotatable bonds is 6. The third-order valence-electron chi connectivity index (χ3n) is 3.81. The first-order valence-corrected chi connectivity index (χ1v) is 9.96. The molecule has 1 atom stereocenters. The van der Waals surface area contributed by atoms with Crippen LogP contribution in [0.25, 0.3) is 0 Å². The molecule has 0 saturated carbocycles. The van der Waals surface area contributed by atoms with Crippen LogP contribution in [0.2, 0.25) is 0 Å². The fourth-order valence-electron chi connectivity index (χ4n) is 2.53. The van der Waals surface area contributed by atoms with Crippen molar-refractivity contribution >= 4 is 46.1 Å². The average Bonchev–Trinajstić information content (AvgIpc) is 3.07. The smallest absolute Gasteiger partial charge is 0.339 e. The Balaban J connectivity index is 1.64. The summed E-state index contributed by atoms with van der Waals surface area (Å²) >= 11 is 2.31. The molecule has 1 N–H and O–H groups in total.